The van der Waals surface area contributed by atoms with Crippen LogP contribution in [0.2, 0.25) is 0 Å². The summed E-state index contributed by atoms with van der Waals surface area (Å²) in [5.41, 5.74) is 7.17. The highest BCUT2D eigenvalue weighted by molar-refractivity contribution is 5.73. The van der Waals surface area contributed by atoms with Crippen molar-refractivity contribution in [2.75, 3.05) is 14.2 Å². The number of aryl methyl sites for hydroxylation is 1. The standard InChI is InChI=1S/C13H19NO3/c1-9-11(16-2)7-10(8-12(9)17-3)5-4-6-13(14)15/h7-8H,4-6H2,1-3H3,(H2,14,15). The summed E-state index contributed by atoms with van der Waals surface area (Å²) < 4.78 is 10.6. The molecule has 0 bridgehead atoms. The normalized spacial score (nSPS) is 10.1. The van der Waals surface area contributed by atoms with Gasteiger partial charge < -0.3 is 15.2 Å². The Morgan fingerprint density at radius 3 is 2.18 bits per heavy atom. The molecule has 0 fully saturated rings. The Hall–Kier alpha value is -1.71. The van der Waals surface area contributed by atoms with Crippen molar-refractivity contribution in [1.29, 1.82) is 0 Å². The highest BCUT2D eigenvalue weighted by atomic mass is 16.5. The molecule has 0 saturated heterocycles. The van der Waals surface area contributed by atoms with Gasteiger partial charge in [0.15, 0.2) is 0 Å². The Balaban J connectivity index is 2.82. The molecule has 0 atom stereocenters. The van der Waals surface area contributed by atoms with Crippen LogP contribution in [0.5, 0.6) is 11.5 Å². The Bertz CT molecular complexity index is 377. The summed E-state index contributed by atoms with van der Waals surface area (Å²) in [6.45, 7) is 1.95. The zero-order chi connectivity index (χ0) is 12.8. The van der Waals surface area contributed by atoms with Crippen LogP contribution >= 0.6 is 0 Å². The van der Waals surface area contributed by atoms with Gasteiger partial charge in [0.05, 0.1) is 14.2 Å². The molecule has 0 saturated carbocycles. The van der Waals surface area contributed by atoms with Crippen LogP contribution in [-0.2, 0) is 11.2 Å². The molecule has 0 aliphatic carbocycles. The smallest absolute Gasteiger partial charge is 0.217 e. The lowest BCUT2D eigenvalue weighted by Gasteiger charge is -2.12. The number of primary amides is 1. The third-order valence-corrected chi connectivity index (χ3v) is 2.70. The second-order valence-electron chi connectivity index (χ2n) is 3.95. The molecule has 2 N–H and O–H groups in total. The van der Waals surface area contributed by atoms with E-state index >= 15 is 0 Å². The largest absolute Gasteiger partial charge is 0.496 e. The minimum Gasteiger partial charge on any atom is -0.496 e. The topological polar surface area (TPSA) is 61.5 Å². The van der Waals surface area contributed by atoms with E-state index in [1.54, 1.807) is 14.2 Å². The van der Waals surface area contributed by atoms with Gasteiger partial charge in [-0.1, -0.05) is 0 Å². The fourth-order valence-corrected chi connectivity index (χ4v) is 1.75. The number of amides is 1. The van der Waals surface area contributed by atoms with Crippen LogP contribution < -0.4 is 15.2 Å². The lowest BCUT2D eigenvalue weighted by molar-refractivity contribution is -0.118. The number of hydrogen-bond acceptors (Lipinski definition) is 3. The summed E-state index contributed by atoms with van der Waals surface area (Å²) in [5.74, 6) is 1.34. The predicted octanol–water partition coefficient (Wildman–Crippen LogP) is 1.82. The summed E-state index contributed by atoms with van der Waals surface area (Å²) >= 11 is 0. The van der Waals surface area contributed by atoms with Crippen molar-refractivity contribution in [3.8, 4) is 11.5 Å². The number of benzene rings is 1. The molecule has 0 radical (unpaired) electrons. The third kappa shape index (κ3) is 3.66. The van der Waals surface area contributed by atoms with Crippen molar-refractivity contribution in [2.45, 2.75) is 26.2 Å². The predicted molar refractivity (Wildman–Crippen MR) is 66.4 cm³/mol. The average molecular weight is 237 g/mol. The van der Waals surface area contributed by atoms with E-state index < -0.39 is 0 Å². The van der Waals surface area contributed by atoms with Crippen LogP contribution in [0, 0.1) is 6.92 Å². The Morgan fingerprint density at radius 1 is 1.24 bits per heavy atom. The summed E-state index contributed by atoms with van der Waals surface area (Å²) in [6.07, 6.45) is 1.93. The molecule has 1 aromatic rings. The van der Waals surface area contributed by atoms with Gasteiger partial charge in [-0.3, -0.25) is 4.79 Å². The molecule has 4 heteroatoms. The molecule has 0 spiro atoms. The van der Waals surface area contributed by atoms with Gasteiger partial charge in [-0.2, -0.15) is 0 Å². The van der Waals surface area contributed by atoms with E-state index in [0.717, 1.165) is 35.5 Å². The number of rotatable bonds is 6. The summed E-state index contributed by atoms with van der Waals surface area (Å²) in [6, 6.07) is 3.94. The van der Waals surface area contributed by atoms with E-state index in [1.807, 2.05) is 19.1 Å². The number of methoxy groups -OCH3 is 2. The zero-order valence-corrected chi connectivity index (χ0v) is 10.6. The fraction of sp³-hybridized carbons (Fsp3) is 0.462. The first-order valence-electron chi connectivity index (χ1n) is 5.58. The second kappa shape index (κ2) is 6.13. The maximum atomic E-state index is 10.7. The van der Waals surface area contributed by atoms with Gasteiger partial charge in [0.25, 0.3) is 0 Å². The lowest BCUT2D eigenvalue weighted by Crippen LogP contribution is -2.10. The maximum absolute atomic E-state index is 10.7. The average Bonchev–Trinajstić information content (AvgIpc) is 2.30. The van der Waals surface area contributed by atoms with Gasteiger partial charge in [-0.25, -0.2) is 0 Å². The van der Waals surface area contributed by atoms with Gasteiger partial charge in [0, 0.05) is 12.0 Å². The van der Waals surface area contributed by atoms with Gasteiger partial charge in [-0.05, 0) is 37.5 Å². The van der Waals surface area contributed by atoms with Crippen LogP contribution in [0.4, 0.5) is 0 Å². The van der Waals surface area contributed by atoms with Crippen LogP contribution in [0.1, 0.15) is 24.0 Å². The SMILES string of the molecule is COc1cc(CCCC(N)=O)cc(OC)c1C. The highest BCUT2D eigenvalue weighted by Crippen LogP contribution is 2.29. The van der Waals surface area contributed by atoms with Crippen LogP contribution in [0.25, 0.3) is 0 Å². The molecule has 0 aromatic heterocycles. The molecule has 1 amide bonds. The van der Waals surface area contributed by atoms with Crippen molar-refractivity contribution < 1.29 is 14.3 Å². The molecule has 0 aliphatic rings. The molecular formula is C13H19NO3. The molecule has 0 heterocycles. The molecule has 17 heavy (non-hydrogen) atoms. The highest BCUT2D eigenvalue weighted by Gasteiger charge is 2.08. The van der Waals surface area contributed by atoms with E-state index in [4.69, 9.17) is 15.2 Å². The molecular weight excluding hydrogens is 218 g/mol. The van der Waals surface area contributed by atoms with Crippen molar-refractivity contribution in [3.63, 3.8) is 0 Å². The van der Waals surface area contributed by atoms with Gasteiger partial charge in [0.1, 0.15) is 11.5 Å². The number of nitrogens with two attached hydrogens (primary N) is 1. The van der Waals surface area contributed by atoms with Gasteiger partial charge in [-0.15, -0.1) is 0 Å². The molecule has 1 rings (SSSR count). The molecule has 0 aliphatic heterocycles. The van der Waals surface area contributed by atoms with Gasteiger partial charge in [0.2, 0.25) is 5.91 Å². The Kier molecular flexibility index (Phi) is 4.82. The first-order valence-corrected chi connectivity index (χ1v) is 5.58. The third-order valence-electron chi connectivity index (χ3n) is 2.70. The van der Waals surface area contributed by atoms with E-state index in [0.29, 0.717) is 6.42 Å². The minimum absolute atomic E-state index is 0.268. The number of carbonyl (C=O) groups excluding carboxylic acids is 1. The van der Waals surface area contributed by atoms with E-state index in [-0.39, 0.29) is 5.91 Å². The van der Waals surface area contributed by atoms with Crippen molar-refractivity contribution in [3.05, 3.63) is 23.3 Å². The Labute approximate surface area is 102 Å². The number of hydrogen-bond donors (Lipinski definition) is 1. The first-order chi connectivity index (χ1) is 8.08. The number of ether oxygens (including phenoxy) is 2. The fourth-order valence-electron chi connectivity index (χ4n) is 1.75. The van der Waals surface area contributed by atoms with E-state index in [9.17, 15) is 4.79 Å². The van der Waals surface area contributed by atoms with Crippen LogP contribution in [0.15, 0.2) is 12.1 Å². The number of carbonyl (C=O) groups is 1. The minimum atomic E-state index is -0.268. The Morgan fingerprint density at radius 2 is 1.76 bits per heavy atom. The first kappa shape index (κ1) is 13.4. The van der Waals surface area contributed by atoms with Crippen LogP contribution in [-0.4, -0.2) is 20.1 Å². The summed E-state index contributed by atoms with van der Waals surface area (Å²) in [4.78, 5) is 10.7. The lowest BCUT2D eigenvalue weighted by atomic mass is 10.0. The quantitative estimate of drug-likeness (QED) is 0.821. The van der Waals surface area contributed by atoms with E-state index in [2.05, 4.69) is 0 Å². The molecule has 4 nitrogen and oxygen atoms in total. The molecule has 1 aromatic carbocycles. The summed E-state index contributed by atoms with van der Waals surface area (Å²) in [7, 11) is 3.27. The summed E-state index contributed by atoms with van der Waals surface area (Å²) in [5, 5.41) is 0. The van der Waals surface area contributed by atoms with Gasteiger partial charge >= 0.3 is 0 Å². The van der Waals surface area contributed by atoms with Crippen molar-refractivity contribution in [2.24, 2.45) is 5.73 Å². The van der Waals surface area contributed by atoms with Crippen molar-refractivity contribution in [1.82, 2.24) is 0 Å². The molecule has 0 unspecified atom stereocenters. The monoisotopic (exact) mass is 237 g/mol. The van der Waals surface area contributed by atoms with E-state index in [1.165, 1.54) is 0 Å². The molecule has 94 valence electrons. The maximum Gasteiger partial charge on any atom is 0.217 e. The van der Waals surface area contributed by atoms with Crippen molar-refractivity contribution >= 4 is 5.91 Å². The van der Waals surface area contributed by atoms with Crippen LogP contribution in [0.3, 0.4) is 0 Å². The second-order valence-corrected chi connectivity index (χ2v) is 3.95. The zero-order valence-electron chi connectivity index (χ0n) is 10.6.